The number of amides is 2. The van der Waals surface area contributed by atoms with E-state index in [1.165, 1.54) is 0 Å². The van der Waals surface area contributed by atoms with Gasteiger partial charge in [0.25, 0.3) is 0 Å². The largest absolute Gasteiger partial charge is 0.481 e. The summed E-state index contributed by atoms with van der Waals surface area (Å²) in [4.78, 5) is 37.6. The van der Waals surface area contributed by atoms with E-state index in [1.807, 2.05) is 86.6 Å². The molecule has 3 N–H and O–H groups in total. The highest BCUT2D eigenvalue weighted by molar-refractivity contribution is 5.90. The number of hydrogen-bond donors (Lipinski definition) is 3. The molecule has 6 heteroatoms. The predicted molar refractivity (Wildman–Crippen MR) is 138 cm³/mol. The maximum absolute atomic E-state index is 13.2. The fourth-order valence-corrected chi connectivity index (χ4v) is 4.26. The number of carboxylic acid groups (broad SMARTS) is 1. The van der Waals surface area contributed by atoms with Crippen LogP contribution in [-0.4, -0.2) is 35.5 Å². The maximum Gasteiger partial charge on any atom is 0.304 e. The van der Waals surface area contributed by atoms with E-state index in [2.05, 4.69) is 10.6 Å². The maximum atomic E-state index is 13.2. The minimum Gasteiger partial charge on any atom is -0.481 e. The second-order valence-corrected chi connectivity index (χ2v) is 9.40. The van der Waals surface area contributed by atoms with Gasteiger partial charge < -0.3 is 15.7 Å². The lowest BCUT2D eigenvalue weighted by atomic mass is 9.92. The molecule has 0 aliphatic heterocycles. The molecule has 35 heavy (non-hydrogen) atoms. The molecule has 184 valence electrons. The van der Waals surface area contributed by atoms with E-state index in [4.69, 9.17) is 0 Å². The van der Waals surface area contributed by atoms with Gasteiger partial charge in [-0.1, -0.05) is 86.6 Å². The lowest BCUT2D eigenvalue weighted by Crippen LogP contribution is -2.50. The van der Waals surface area contributed by atoms with Gasteiger partial charge in [0, 0.05) is 18.9 Å². The normalized spacial score (nSPS) is 12.8. The molecule has 0 radical (unpaired) electrons. The molecule has 6 nitrogen and oxygen atoms in total. The Balaban J connectivity index is 1.75. The molecule has 2 amide bonds. The third kappa shape index (κ3) is 8.25. The first kappa shape index (κ1) is 25.9. The summed E-state index contributed by atoms with van der Waals surface area (Å²) in [5, 5.41) is 17.3. The van der Waals surface area contributed by atoms with Crippen LogP contribution in [0.25, 0.3) is 10.8 Å². The van der Waals surface area contributed by atoms with Crippen molar-refractivity contribution in [2.24, 2.45) is 11.8 Å². The Morgan fingerprint density at radius 2 is 1.51 bits per heavy atom. The number of carboxylic acids is 1. The number of fused-ring (bicyclic) bond motifs is 1. The van der Waals surface area contributed by atoms with Crippen molar-refractivity contribution in [2.45, 2.75) is 45.6 Å². The van der Waals surface area contributed by atoms with E-state index in [-0.39, 0.29) is 18.2 Å². The SMILES string of the molecule is CC(C)C[C@@H](CC(=O)O)C(=O)N[C@@H](Cc1ccc2ccccc2c1)C(=O)NCCc1ccccc1. The van der Waals surface area contributed by atoms with Gasteiger partial charge in [-0.2, -0.15) is 0 Å². The fraction of sp³-hybridized carbons (Fsp3) is 0.345. The molecule has 0 aliphatic carbocycles. The highest BCUT2D eigenvalue weighted by Crippen LogP contribution is 2.19. The van der Waals surface area contributed by atoms with E-state index >= 15 is 0 Å². The van der Waals surface area contributed by atoms with Gasteiger partial charge >= 0.3 is 5.97 Å². The lowest BCUT2D eigenvalue weighted by molar-refractivity contribution is -0.141. The van der Waals surface area contributed by atoms with Crippen molar-refractivity contribution in [3.63, 3.8) is 0 Å². The molecule has 2 atom stereocenters. The van der Waals surface area contributed by atoms with Crippen LogP contribution in [0.2, 0.25) is 0 Å². The molecule has 0 aromatic heterocycles. The third-order valence-electron chi connectivity index (χ3n) is 5.99. The summed E-state index contributed by atoms with van der Waals surface area (Å²) in [7, 11) is 0. The molecule has 3 aromatic rings. The quantitative estimate of drug-likeness (QED) is 0.363. The average Bonchev–Trinajstić information content (AvgIpc) is 2.83. The van der Waals surface area contributed by atoms with E-state index < -0.39 is 23.8 Å². The van der Waals surface area contributed by atoms with Crippen molar-refractivity contribution >= 4 is 28.6 Å². The van der Waals surface area contributed by atoms with Gasteiger partial charge in [-0.15, -0.1) is 0 Å². The van der Waals surface area contributed by atoms with Crippen LogP contribution < -0.4 is 10.6 Å². The summed E-state index contributed by atoms with van der Waals surface area (Å²) < 4.78 is 0. The first-order valence-corrected chi connectivity index (χ1v) is 12.1. The van der Waals surface area contributed by atoms with Gasteiger partial charge in [0.15, 0.2) is 0 Å². The summed E-state index contributed by atoms with van der Waals surface area (Å²) >= 11 is 0. The number of rotatable bonds is 12. The van der Waals surface area contributed by atoms with Crippen molar-refractivity contribution in [1.29, 1.82) is 0 Å². The summed E-state index contributed by atoms with van der Waals surface area (Å²) in [5.74, 6) is -2.23. The van der Waals surface area contributed by atoms with Gasteiger partial charge in [0.2, 0.25) is 11.8 Å². The molecule has 0 unspecified atom stereocenters. The molecule has 0 bridgehead atoms. The Hall–Kier alpha value is -3.67. The Morgan fingerprint density at radius 3 is 2.20 bits per heavy atom. The molecule has 3 aromatic carbocycles. The van der Waals surface area contributed by atoms with Crippen LogP contribution in [0, 0.1) is 11.8 Å². The van der Waals surface area contributed by atoms with Crippen LogP contribution in [0.1, 0.15) is 37.8 Å². The second kappa shape index (κ2) is 12.7. The first-order chi connectivity index (χ1) is 16.8. The molecular formula is C29H34N2O4. The van der Waals surface area contributed by atoms with Gasteiger partial charge in [-0.3, -0.25) is 14.4 Å². The Kier molecular flexibility index (Phi) is 9.41. The first-order valence-electron chi connectivity index (χ1n) is 12.1. The molecule has 0 saturated heterocycles. The highest BCUT2D eigenvalue weighted by atomic mass is 16.4. The van der Waals surface area contributed by atoms with E-state index in [0.717, 1.165) is 21.9 Å². The molecule has 0 heterocycles. The molecule has 0 aliphatic rings. The third-order valence-corrected chi connectivity index (χ3v) is 5.99. The number of nitrogens with one attached hydrogen (secondary N) is 2. The van der Waals surface area contributed by atoms with Gasteiger partial charge in [-0.25, -0.2) is 0 Å². The molecule has 0 spiro atoms. The number of carbonyl (C=O) groups is 3. The van der Waals surface area contributed by atoms with Crippen LogP contribution >= 0.6 is 0 Å². The molecule has 0 saturated carbocycles. The van der Waals surface area contributed by atoms with E-state index in [9.17, 15) is 19.5 Å². The standard InChI is InChI=1S/C29H34N2O4/c1-20(2)16-25(19-27(32)33)28(34)31-26(29(35)30-15-14-21-8-4-3-5-9-21)18-22-12-13-23-10-6-7-11-24(23)17-22/h3-13,17,20,25-26H,14-16,18-19H2,1-2H3,(H,30,35)(H,31,34)(H,32,33)/t25-,26-/m0/s1. The van der Waals surface area contributed by atoms with Gasteiger partial charge in [0.05, 0.1) is 6.42 Å². The topological polar surface area (TPSA) is 95.5 Å². The predicted octanol–water partition coefficient (Wildman–Crippen LogP) is 4.36. The minimum absolute atomic E-state index is 0.156. The van der Waals surface area contributed by atoms with Crippen LogP contribution in [0.15, 0.2) is 72.8 Å². The van der Waals surface area contributed by atoms with Crippen molar-refractivity contribution in [1.82, 2.24) is 10.6 Å². The summed E-state index contributed by atoms with van der Waals surface area (Å²) in [6, 6.07) is 23.0. The van der Waals surface area contributed by atoms with Crippen LogP contribution in [0.3, 0.4) is 0 Å². The smallest absolute Gasteiger partial charge is 0.304 e. The Bertz CT molecular complexity index is 1140. The number of hydrogen-bond acceptors (Lipinski definition) is 3. The minimum atomic E-state index is -1.02. The van der Waals surface area contributed by atoms with Crippen LogP contribution in [0.5, 0.6) is 0 Å². The van der Waals surface area contributed by atoms with Crippen molar-refractivity contribution in [2.75, 3.05) is 6.54 Å². The zero-order valence-corrected chi connectivity index (χ0v) is 20.4. The second-order valence-electron chi connectivity index (χ2n) is 9.40. The molecule has 0 fully saturated rings. The summed E-state index contributed by atoms with van der Waals surface area (Å²) in [6.45, 7) is 4.34. The van der Waals surface area contributed by atoms with Gasteiger partial charge in [0.1, 0.15) is 6.04 Å². The number of benzene rings is 3. The van der Waals surface area contributed by atoms with Crippen molar-refractivity contribution < 1.29 is 19.5 Å². The Labute approximate surface area is 206 Å². The van der Waals surface area contributed by atoms with Crippen molar-refractivity contribution in [3.8, 4) is 0 Å². The van der Waals surface area contributed by atoms with Gasteiger partial charge in [-0.05, 0) is 40.7 Å². The zero-order chi connectivity index (χ0) is 25.2. The fourth-order valence-electron chi connectivity index (χ4n) is 4.26. The monoisotopic (exact) mass is 474 g/mol. The zero-order valence-electron chi connectivity index (χ0n) is 20.4. The highest BCUT2D eigenvalue weighted by Gasteiger charge is 2.28. The lowest BCUT2D eigenvalue weighted by Gasteiger charge is -2.23. The average molecular weight is 475 g/mol. The molecule has 3 rings (SSSR count). The molecular weight excluding hydrogens is 440 g/mol. The Morgan fingerprint density at radius 1 is 0.829 bits per heavy atom. The van der Waals surface area contributed by atoms with Crippen LogP contribution in [0.4, 0.5) is 0 Å². The summed E-state index contributed by atoms with van der Waals surface area (Å²) in [6.07, 6.45) is 1.17. The summed E-state index contributed by atoms with van der Waals surface area (Å²) in [5.41, 5.74) is 2.03. The van der Waals surface area contributed by atoms with E-state index in [0.29, 0.717) is 25.8 Å². The number of carbonyl (C=O) groups excluding carboxylic acids is 2. The van der Waals surface area contributed by atoms with E-state index in [1.54, 1.807) is 0 Å². The van der Waals surface area contributed by atoms with Crippen LogP contribution in [-0.2, 0) is 27.2 Å². The number of aliphatic carboxylic acids is 1. The van der Waals surface area contributed by atoms with Crippen molar-refractivity contribution in [3.05, 3.63) is 83.9 Å².